The van der Waals surface area contributed by atoms with E-state index in [9.17, 15) is 4.79 Å². The first-order valence-corrected chi connectivity index (χ1v) is 13.3. The highest BCUT2D eigenvalue weighted by atomic mass is 16.5. The number of carbonyl (C=O) groups excluding carboxylic acids is 1. The Morgan fingerprint density at radius 1 is 0.933 bits per heavy atom. The minimum atomic E-state index is 0.261. The molecular weight excluding hydrogens is 370 g/mol. The van der Waals surface area contributed by atoms with Crippen LogP contribution in [0.4, 0.5) is 0 Å². The lowest BCUT2D eigenvalue weighted by molar-refractivity contribution is -0.142. The molecule has 1 amide bonds. The van der Waals surface area contributed by atoms with Gasteiger partial charge in [0.2, 0.25) is 5.91 Å². The van der Waals surface area contributed by atoms with Crippen LogP contribution >= 0.6 is 0 Å². The van der Waals surface area contributed by atoms with E-state index in [1.165, 1.54) is 51.4 Å². The van der Waals surface area contributed by atoms with Crippen molar-refractivity contribution in [1.82, 2.24) is 4.90 Å². The van der Waals surface area contributed by atoms with Crippen molar-refractivity contribution in [2.75, 3.05) is 26.8 Å². The van der Waals surface area contributed by atoms with Crippen LogP contribution in [0.15, 0.2) is 0 Å². The number of hydrogen-bond acceptors (Lipinski definition) is 2. The Hall–Kier alpha value is -0.570. The Morgan fingerprint density at radius 3 is 2.50 bits per heavy atom. The molecule has 1 heterocycles. The van der Waals surface area contributed by atoms with Gasteiger partial charge in [0.25, 0.3) is 0 Å². The van der Waals surface area contributed by atoms with Gasteiger partial charge in [-0.3, -0.25) is 4.79 Å². The van der Waals surface area contributed by atoms with Crippen molar-refractivity contribution in [2.45, 2.75) is 84.5 Å². The molecule has 4 saturated carbocycles. The van der Waals surface area contributed by atoms with E-state index in [4.69, 9.17) is 4.74 Å². The van der Waals surface area contributed by atoms with Gasteiger partial charge in [-0.05, 0) is 111 Å². The average Bonchev–Trinajstić information content (AvgIpc) is 3.10. The van der Waals surface area contributed by atoms with Gasteiger partial charge in [0, 0.05) is 32.7 Å². The van der Waals surface area contributed by atoms with Gasteiger partial charge in [0.1, 0.15) is 0 Å². The van der Waals surface area contributed by atoms with E-state index < -0.39 is 0 Å². The largest absolute Gasteiger partial charge is 0.381 e. The van der Waals surface area contributed by atoms with E-state index in [0.717, 1.165) is 74.5 Å². The highest BCUT2D eigenvalue weighted by Crippen LogP contribution is 2.64. The van der Waals surface area contributed by atoms with Crippen molar-refractivity contribution >= 4 is 5.91 Å². The predicted octanol–water partition coefficient (Wildman–Crippen LogP) is 5.78. The Balaban J connectivity index is 1.26. The van der Waals surface area contributed by atoms with Crippen LogP contribution in [0.25, 0.3) is 0 Å². The smallest absolute Gasteiger partial charge is 0.225 e. The summed E-state index contributed by atoms with van der Waals surface area (Å²) >= 11 is 0. The lowest BCUT2D eigenvalue weighted by Gasteiger charge is -2.56. The summed E-state index contributed by atoms with van der Waals surface area (Å²) in [6.07, 6.45) is 14.8. The molecule has 3 heteroatoms. The topological polar surface area (TPSA) is 29.5 Å². The second-order valence-corrected chi connectivity index (χ2v) is 12.3. The van der Waals surface area contributed by atoms with Crippen molar-refractivity contribution in [3.8, 4) is 0 Å². The van der Waals surface area contributed by atoms with Gasteiger partial charge in [0.05, 0.1) is 0 Å². The second kappa shape index (κ2) is 8.41. The van der Waals surface area contributed by atoms with Gasteiger partial charge in [-0.1, -0.05) is 20.3 Å². The summed E-state index contributed by atoms with van der Waals surface area (Å²) in [7, 11) is 2.08. The van der Waals surface area contributed by atoms with Gasteiger partial charge in [-0.2, -0.15) is 0 Å². The molecule has 0 radical (unpaired) electrons. The molecule has 8 atom stereocenters. The minimum Gasteiger partial charge on any atom is -0.381 e. The van der Waals surface area contributed by atoms with Gasteiger partial charge in [-0.15, -0.1) is 0 Å². The first kappa shape index (κ1) is 21.3. The average molecular weight is 416 g/mol. The monoisotopic (exact) mass is 415 g/mol. The standard InChI is InChI=1S/C27H45NO2/c1-18-4-6-21-20(16-18)5-7-23-22(21)10-13-27(2)24(23)8-9-25(27)26(29)28(3)17-19-11-14-30-15-12-19/h18-25H,4-17H2,1-3H3. The van der Waals surface area contributed by atoms with E-state index in [0.29, 0.717) is 11.8 Å². The predicted molar refractivity (Wildman–Crippen MR) is 121 cm³/mol. The molecule has 30 heavy (non-hydrogen) atoms. The number of ether oxygens (including phenoxy) is 1. The van der Waals surface area contributed by atoms with E-state index in [2.05, 4.69) is 25.8 Å². The fourth-order valence-corrected chi connectivity index (χ4v) is 9.17. The Bertz CT molecular complexity index is 628. The fourth-order valence-electron chi connectivity index (χ4n) is 9.17. The number of fused-ring (bicyclic) bond motifs is 5. The summed E-state index contributed by atoms with van der Waals surface area (Å²) in [6, 6.07) is 0. The van der Waals surface area contributed by atoms with Crippen LogP contribution in [0.3, 0.4) is 0 Å². The van der Waals surface area contributed by atoms with Crippen molar-refractivity contribution < 1.29 is 9.53 Å². The van der Waals surface area contributed by atoms with Gasteiger partial charge in [-0.25, -0.2) is 0 Å². The summed E-state index contributed by atoms with van der Waals surface area (Å²) in [6.45, 7) is 7.68. The zero-order chi connectivity index (χ0) is 20.9. The van der Waals surface area contributed by atoms with Crippen LogP contribution in [0.2, 0.25) is 0 Å². The maximum Gasteiger partial charge on any atom is 0.225 e. The molecule has 0 aromatic carbocycles. The lowest BCUT2D eigenvalue weighted by Crippen LogP contribution is -2.50. The van der Waals surface area contributed by atoms with E-state index in [1.54, 1.807) is 0 Å². The molecular formula is C27H45NO2. The molecule has 5 aliphatic rings. The number of nitrogens with zero attached hydrogens (tertiary/aromatic N) is 1. The molecule has 1 saturated heterocycles. The molecule has 1 aliphatic heterocycles. The molecule has 170 valence electrons. The summed E-state index contributed by atoms with van der Waals surface area (Å²) in [4.78, 5) is 15.7. The molecule has 8 unspecified atom stereocenters. The zero-order valence-electron chi connectivity index (χ0n) is 19.8. The van der Waals surface area contributed by atoms with E-state index >= 15 is 0 Å². The molecule has 0 N–H and O–H groups in total. The van der Waals surface area contributed by atoms with Gasteiger partial charge >= 0.3 is 0 Å². The highest BCUT2D eigenvalue weighted by Gasteiger charge is 2.58. The summed E-state index contributed by atoms with van der Waals surface area (Å²) in [5, 5.41) is 0. The third-order valence-corrected chi connectivity index (χ3v) is 10.8. The Kier molecular flexibility index (Phi) is 5.97. The van der Waals surface area contributed by atoms with Crippen molar-refractivity contribution in [1.29, 1.82) is 0 Å². The minimum absolute atomic E-state index is 0.261. The number of rotatable bonds is 3. The van der Waals surface area contributed by atoms with Crippen molar-refractivity contribution in [3.63, 3.8) is 0 Å². The van der Waals surface area contributed by atoms with Crippen molar-refractivity contribution in [2.24, 2.45) is 52.8 Å². The van der Waals surface area contributed by atoms with Crippen LogP contribution < -0.4 is 0 Å². The second-order valence-electron chi connectivity index (χ2n) is 12.3. The van der Waals surface area contributed by atoms with Crippen LogP contribution in [0, 0.1) is 52.8 Å². The maximum absolute atomic E-state index is 13.6. The van der Waals surface area contributed by atoms with Crippen LogP contribution in [-0.2, 0) is 9.53 Å². The summed E-state index contributed by atoms with van der Waals surface area (Å²) in [5.74, 6) is 7.05. The molecule has 0 aromatic rings. The fraction of sp³-hybridized carbons (Fsp3) is 0.963. The SMILES string of the molecule is CC1CCC2C(CCC3C2CCC2(C)C(C(=O)N(C)CC4CCOCC4)CCC32)C1. The molecule has 5 rings (SSSR count). The quantitative estimate of drug-likeness (QED) is 0.585. The third kappa shape index (κ3) is 3.65. The van der Waals surface area contributed by atoms with Crippen LogP contribution in [0.5, 0.6) is 0 Å². The maximum atomic E-state index is 13.6. The molecule has 0 aromatic heterocycles. The molecule has 0 spiro atoms. The van der Waals surface area contributed by atoms with E-state index in [1.807, 2.05) is 0 Å². The molecule has 3 nitrogen and oxygen atoms in total. The Morgan fingerprint density at radius 2 is 1.70 bits per heavy atom. The molecule has 5 fully saturated rings. The highest BCUT2D eigenvalue weighted by molar-refractivity contribution is 5.80. The normalized spacial score (nSPS) is 46.6. The summed E-state index contributed by atoms with van der Waals surface area (Å²) in [5.41, 5.74) is 0.261. The summed E-state index contributed by atoms with van der Waals surface area (Å²) < 4.78 is 5.52. The van der Waals surface area contributed by atoms with Crippen LogP contribution in [0.1, 0.15) is 84.5 Å². The first-order chi connectivity index (χ1) is 14.5. The van der Waals surface area contributed by atoms with Crippen molar-refractivity contribution in [3.05, 3.63) is 0 Å². The number of carbonyl (C=O) groups is 1. The lowest BCUT2D eigenvalue weighted by atomic mass is 9.49. The molecule has 4 aliphatic carbocycles. The van der Waals surface area contributed by atoms with Gasteiger partial charge in [0.15, 0.2) is 0 Å². The van der Waals surface area contributed by atoms with Gasteiger partial charge < -0.3 is 9.64 Å². The molecule has 0 bridgehead atoms. The van der Waals surface area contributed by atoms with E-state index in [-0.39, 0.29) is 11.3 Å². The van der Waals surface area contributed by atoms with Crippen LogP contribution in [-0.4, -0.2) is 37.6 Å². The zero-order valence-corrected chi connectivity index (χ0v) is 19.8. The number of amides is 1. The first-order valence-electron chi connectivity index (χ1n) is 13.3. The Labute approximate surface area is 184 Å². The third-order valence-electron chi connectivity index (χ3n) is 10.8. The number of hydrogen-bond donors (Lipinski definition) is 0.